The van der Waals surface area contributed by atoms with Crippen LogP contribution >= 0.6 is 11.9 Å². The van der Waals surface area contributed by atoms with Gasteiger partial charge in [-0.05, 0) is 49.8 Å². The maximum absolute atomic E-state index is 13.0. The van der Waals surface area contributed by atoms with Crippen molar-refractivity contribution in [3.8, 4) is 0 Å². The van der Waals surface area contributed by atoms with Crippen LogP contribution in [0.5, 0.6) is 0 Å². The average molecular weight is 399 g/mol. The zero-order valence-corrected chi connectivity index (χ0v) is 16.0. The van der Waals surface area contributed by atoms with Gasteiger partial charge < -0.3 is 4.74 Å². The molecule has 1 spiro atoms. The summed E-state index contributed by atoms with van der Waals surface area (Å²) < 4.78 is 46.7. The molecule has 0 N–H and O–H groups in total. The van der Waals surface area contributed by atoms with Gasteiger partial charge in [0.25, 0.3) is 0 Å². The highest BCUT2D eigenvalue weighted by atomic mass is 32.2. The molecule has 3 aliphatic heterocycles. The van der Waals surface area contributed by atoms with E-state index in [1.807, 2.05) is 0 Å². The molecule has 148 valence electrons. The summed E-state index contributed by atoms with van der Waals surface area (Å²) in [6, 6.07) is 3.42. The third-order valence-electron chi connectivity index (χ3n) is 6.18. The molecule has 4 nitrogen and oxygen atoms in total. The number of hydrogen-bond donors (Lipinski definition) is 0. The predicted molar refractivity (Wildman–Crippen MR) is 96.5 cm³/mol. The first-order valence-electron chi connectivity index (χ1n) is 9.75. The van der Waals surface area contributed by atoms with Crippen molar-refractivity contribution in [2.24, 2.45) is 5.41 Å². The number of nitrogens with zero attached hydrogens (tertiary/aromatic N) is 3. The Bertz CT molecular complexity index is 705. The molecular formula is C19H24F3N3OS. The molecule has 4 fully saturated rings. The van der Waals surface area contributed by atoms with Crippen LogP contribution in [0.15, 0.2) is 17.0 Å². The molecule has 0 amide bonds. The van der Waals surface area contributed by atoms with Gasteiger partial charge in [-0.15, -0.1) is 0 Å². The van der Waals surface area contributed by atoms with Crippen molar-refractivity contribution >= 4 is 11.9 Å². The lowest BCUT2D eigenvalue weighted by Crippen LogP contribution is -2.72. The quantitative estimate of drug-likeness (QED) is 0.719. The first-order chi connectivity index (χ1) is 12.9. The standard InChI is InChI=1S/C19H24F3N3OS/c20-19(21,22)16-4-3-15(17(23-16)13-1-2-13)27-25-11-18(12-25)9-24(10-18)14-5-7-26-8-6-14/h3-4,13-14H,1-2,5-12H2. The molecule has 5 rings (SSSR count). The molecule has 0 unspecified atom stereocenters. The number of rotatable bonds is 4. The van der Waals surface area contributed by atoms with Gasteiger partial charge in [-0.25, -0.2) is 9.29 Å². The van der Waals surface area contributed by atoms with Crippen LogP contribution in [0, 0.1) is 5.41 Å². The van der Waals surface area contributed by atoms with E-state index < -0.39 is 11.9 Å². The minimum Gasteiger partial charge on any atom is -0.381 e. The fraction of sp³-hybridized carbons (Fsp3) is 0.737. The first kappa shape index (κ1) is 18.2. The number of pyridine rings is 1. The molecule has 0 aromatic carbocycles. The lowest BCUT2D eigenvalue weighted by molar-refractivity contribution is -0.141. The monoisotopic (exact) mass is 399 g/mol. The van der Waals surface area contributed by atoms with Gasteiger partial charge in [0, 0.05) is 61.7 Å². The number of alkyl halides is 3. The van der Waals surface area contributed by atoms with E-state index in [1.165, 1.54) is 0 Å². The van der Waals surface area contributed by atoms with Crippen molar-refractivity contribution in [2.45, 2.75) is 48.7 Å². The maximum Gasteiger partial charge on any atom is 0.433 e. The van der Waals surface area contributed by atoms with Crippen LogP contribution in [-0.4, -0.2) is 59.6 Å². The SMILES string of the molecule is FC(F)(F)c1ccc(SN2CC3(C2)CN(C2CCOCC2)C3)c(C2CC2)n1. The summed E-state index contributed by atoms with van der Waals surface area (Å²) in [5.41, 5.74) is 0.276. The zero-order valence-electron chi connectivity index (χ0n) is 15.2. The Morgan fingerprint density at radius 1 is 1.04 bits per heavy atom. The summed E-state index contributed by atoms with van der Waals surface area (Å²) in [5.74, 6) is 0.206. The summed E-state index contributed by atoms with van der Waals surface area (Å²) in [7, 11) is 0. The van der Waals surface area contributed by atoms with Gasteiger partial charge in [0.2, 0.25) is 0 Å². The fourth-order valence-corrected chi connectivity index (χ4v) is 5.97. The Morgan fingerprint density at radius 3 is 2.37 bits per heavy atom. The summed E-state index contributed by atoms with van der Waals surface area (Å²) in [6.45, 7) is 6.08. The van der Waals surface area contributed by atoms with Crippen LogP contribution < -0.4 is 0 Å². The Kier molecular flexibility index (Phi) is 4.46. The third-order valence-corrected chi connectivity index (χ3v) is 7.23. The summed E-state index contributed by atoms with van der Waals surface area (Å²) in [6.07, 6.45) is -0.196. The van der Waals surface area contributed by atoms with Crippen molar-refractivity contribution in [3.05, 3.63) is 23.5 Å². The third kappa shape index (κ3) is 3.61. The van der Waals surface area contributed by atoms with E-state index in [2.05, 4.69) is 14.2 Å². The van der Waals surface area contributed by atoms with Gasteiger partial charge in [-0.2, -0.15) is 13.2 Å². The number of aromatic nitrogens is 1. The Labute approximate surface area is 161 Å². The van der Waals surface area contributed by atoms with Crippen molar-refractivity contribution in [1.29, 1.82) is 0 Å². The zero-order chi connectivity index (χ0) is 18.6. The molecule has 0 radical (unpaired) electrons. The number of halogens is 3. The van der Waals surface area contributed by atoms with Crippen LogP contribution in [0.2, 0.25) is 0 Å². The highest BCUT2D eigenvalue weighted by Crippen LogP contribution is 2.49. The molecular weight excluding hydrogens is 375 g/mol. The normalized spacial score (nSPS) is 26.8. The molecule has 1 aromatic rings. The highest BCUT2D eigenvalue weighted by molar-refractivity contribution is 7.97. The Balaban J connectivity index is 1.18. The van der Waals surface area contributed by atoms with Gasteiger partial charge >= 0.3 is 6.18 Å². The minimum absolute atomic E-state index is 0.206. The highest BCUT2D eigenvalue weighted by Gasteiger charge is 2.53. The lowest BCUT2D eigenvalue weighted by Gasteiger charge is -2.62. The molecule has 1 aliphatic carbocycles. The van der Waals surface area contributed by atoms with E-state index in [0.29, 0.717) is 17.2 Å². The molecule has 1 saturated carbocycles. The van der Waals surface area contributed by atoms with Crippen LogP contribution in [0.25, 0.3) is 0 Å². The van der Waals surface area contributed by atoms with E-state index in [-0.39, 0.29) is 5.92 Å². The van der Waals surface area contributed by atoms with Gasteiger partial charge in [-0.1, -0.05) is 0 Å². The van der Waals surface area contributed by atoms with Crippen LogP contribution in [0.4, 0.5) is 13.2 Å². The van der Waals surface area contributed by atoms with E-state index >= 15 is 0 Å². The van der Waals surface area contributed by atoms with Crippen molar-refractivity contribution in [1.82, 2.24) is 14.2 Å². The second kappa shape index (κ2) is 6.61. The lowest BCUT2D eigenvalue weighted by atomic mass is 9.73. The second-order valence-corrected chi connectivity index (χ2v) is 9.63. The van der Waals surface area contributed by atoms with Gasteiger partial charge in [0.15, 0.2) is 0 Å². The van der Waals surface area contributed by atoms with Crippen molar-refractivity contribution in [3.63, 3.8) is 0 Å². The van der Waals surface area contributed by atoms with Crippen LogP contribution in [-0.2, 0) is 10.9 Å². The number of likely N-dealkylation sites (tertiary alicyclic amines) is 1. The Morgan fingerprint density at radius 2 is 1.74 bits per heavy atom. The first-order valence-corrected chi connectivity index (χ1v) is 10.5. The van der Waals surface area contributed by atoms with Crippen molar-refractivity contribution in [2.75, 3.05) is 39.4 Å². The molecule has 0 atom stereocenters. The van der Waals surface area contributed by atoms with E-state index in [0.717, 1.165) is 76.0 Å². The largest absolute Gasteiger partial charge is 0.433 e. The van der Waals surface area contributed by atoms with Gasteiger partial charge in [-0.3, -0.25) is 4.90 Å². The number of hydrogen-bond acceptors (Lipinski definition) is 5. The number of ether oxygens (including phenoxy) is 1. The van der Waals surface area contributed by atoms with E-state index in [1.54, 1.807) is 18.0 Å². The summed E-state index contributed by atoms with van der Waals surface area (Å²) >= 11 is 1.60. The topological polar surface area (TPSA) is 28.6 Å². The minimum atomic E-state index is -4.37. The summed E-state index contributed by atoms with van der Waals surface area (Å²) in [5, 5.41) is 0. The maximum atomic E-state index is 13.0. The molecule has 4 heterocycles. The Hall–Kier alpha value is -0.830. The van der Waals surface area contributed by atoms with E-state index in [4.69, 9.17) is 4.74 Å². The molecule has 3 saturated heterocycles. The molecule has 1 aromatic heterocycles. The van der Waals surface area contributed by atoms with E-state index in [9.17, 15) is 13.2 Å². The van der Waals surface area contributed by atoms with Gasteiger partial charge in [0.05, 0.1) is 5.69 Å². The molecule has 4 aliphatic rings. The van der Waals surface area contributed by atoms with Crippen molar-refractivity contribution < 1.29 is 17.9 Å². The smallest absolute Gasteiger partial charge is 0.381 e. The summed E-state index contributed by atoms with van der Waals surface area (Å²) in [4.78, 5) is 7.46. The predicted octanol–water partition coefficient (Wildman–Crippen LogP) is 3.78. The average Bonchev–Trinajstić information content (AvgIpc) is 3.40. The molecule has 8 heteroatoms. The molecule has 27 heavy (non-hydrogen) atoms. The van der Waals surface area contributed by atoms with Gasteiger partial charge in [0.1, 0.15) is 5.69 Å². The second-order valence-electron chi connectivity index (χ2n) is 8.49. The van der Waals surface area contributed by atoms with Crippen LogP contribution in [0.1, 0.15) is 43.0 Å². The van der Waals surface area contributed by atoms with Crippen LogP contribution in [0.3, 0.4) is 0 Å². The molecule has 0 bridgehead atoms. The fourth-order valence-electron chi connectivity index (χ4n) is 4.58.